The number of benzene rings is 2. The second kappa shape index (κ2) is 7.54. The fourth-order valence-corrected chi connectivity index (χ4v) is 4.71. The number of rotatable bonds is 5. The first-order valence-electron chi connectivity index (χ1n) is 9.61. The van der Waals surface area contributed by atoms with Crippen LogP contribution in [0.2, 0.25) is 0 Å². The highest BCUT2D eigenvalue weighted by molar-refractivity contribution is 6.00. The van der Waals surface area contributed by atoms with E-state index in [4.69, 9.17) is 4.74 Å². The van der Waals surface area contributed by atoms with Gasteiger partial charge in [-0.3, -0.25) is 9.69 Å². The lowest BCUT2D eigenvalue weighted by Gasteiger charge is -2.38. The zero-order valence-electron chi connectivity index (χ0n) is 15.6. The summed E-state index contributed by atoms with van der Waals surface area (Å²) in [4.78, 5) is 15.8. The smallest absolute Gasteiger partial charge is 0.167 e. The highest BCUT2D eigenvalue weighted by Gasteiger charge is 2.43. The Labute approximate surface area is 160 Å². The molecular weight excluding hydrogens is 336 g/mol. The lowest BCUT2D eigenvalue weighted by atomic mass is 9.83. The van der Waals surface area contributed by atoms with Gasteiger partial charge in [-0.05, 0) is 49.4 Å². The van der Waals surface area contributed by atoms with Crippen LogP contribution in [0.1, 0.15) is 47.2 Å². The van der Waals surface area contributed by atoms with Gasteiger partial charge >= 0.3 is 0 Å². The molecule has 4 nitrogen and oxygen atoms in total. The average molecular weight is 360 g/mol. The Kier molecular flexibility index (Phi) is 4.96. The minimum absolute atomic E-state index is 0.00581. The maximum atomic E-state index is 13.2. The number of Topliss-reactive ketones (excluding diaryl/α,β-unsaturated/α-hetero) is 1. The predicted molar refractivity (Wildman–Crippen MR) is 104 cm³/mol. The molecule has 0 N–H and O–H groups in total. The predicted octanol–water partition coefficient (Wildman–Crippen LogP) is 4.19. The van der Waals surface area contributed by atoms with E-state index in [2.05, 4.69) is 35.2 Å². The zero-order valence-corrected chi connectivity index (χ0v) is 15.6. The number of ketones is 1. The number of piperidine rings is 1. The van der Waals surface area contributed by atoms with Gasteiger partial charge in [0.05, 0.1) is 18.7 Å². The Hall–Kier alpha value is -2.64. The van der Waals surface area contributed by atoms with Crippen molar-refractivity contribution >= 4 is 5.78 Å². The zero-order chi connectivity index (χ0) is 18.8. The molecule has 2 unspecified atom stereocenters. The average Bonchev–Trinajstić information content (AvgIpc) is 2.94. The van der Waals surface area contributed by atoms with Crippen LogP contribution in [-0.2, 0) is 6.54 Å². The summed E-state index contributed by atoms with van der Waals surface area (Å²) < 4.78 is 5.26. The molecular formula is C23H24N2O2. The molecule has 2 atom stereocenters. The summed E-state index contributed by atoms with van der Waals surface area (Å²) in [6.07, 6.45) is 4.07. The van der Waals surface area contributed by atoms with E-state index in [-0.39, 0.29) is 11.7 Å². The molecule has 0 spiro atoms. The lowest BCUT2D eigenvalue weighted by Crippen LogP contribution is -2.44. The van der Waals surface area contributed by atoms with E-state index in [1.54, 1.807) is 25.3 Å². The van der Waals surface area contributed by atoms with Crippen LogP contribution in [0.15, 0.2) is 48.5 Å². The topological polar surface area (TPSA) is 53.3 Å². The summed E-state index contributed by atoms with van der Waals surface area (Å²) in [6.45, 7) is 0.958. The molecule has 2 heterocycles. The normalized spacial score (nSPS) is 24.4. The fourth-order valence-electron chi connectivity index (χ4n) is 4.71. The monoisotopic (exact) mass is 360 g/mol. The molecule has 2 aliphatic rings. The number of fused-ring (bicyclic) bond motifs is 2. The van der Waals surface area contributed by atoms with E-state index in [1.165, 1.54) is 5.56 Å². The summed E-state index contributed by atoms with van der Waals surface area (Å²) >= 11 is 0. The van der Waals surface area contributed by atoms with Crippen molar-refractivity contribution in [3.8, 4) is 11.8 Å². The molecule has 0 saturated carbocycles. The second-order valence-electron chi connectivity index (χ2n) is 7.60. The van der Waals surface area contributed by atoms with Crippen molar-refractivity contribution in [2.75, 3.05) is 7.11 Å². The Morgan fingerprint density at radius 1 is 1.15 bits per heavy atom. The molecule has 27 heavy (non-hydrogen) atoms. The number of hydrogen-bond donors (Lipinski definition) is 0. The van der Waals surface area contributed by atoms with Crippen molar-refractivity contribution in [1.82, 2.24) is 4.90 Å². The van der Waals surface area contributed by atoms with Gasteiger partial charge in [-0.2, -0.15) is 5.26 Å². The maximum Gasteiger partial charge on any atom is 0.167 e. The van der Waals surface area contributed by atoms with Gasteiger partial charge in [0.1, 0.15) is 5.75 Å². The Morgan fingerprint density at radius 3 is 2.48 bits per heavy atom. The molecule has 2 bridgehead atoms. The Balaban J connectivity index is 1.52. The van der Waals surface area contributed by atoms with E-state index in [9.17, 15) is 10.1 Å². The van der Waals surface area contributed by atoms with Crippen molar-refractivity contribution in [3.05, 3.63) is 65.2 Å². The van der Waals surface area contributed by atoms with Crippen LogP contribution in [-0.4, -0.2) is 29.9 Å². The third-order valence-electron chi connectivity index (χ3n) is 6.08. The van der Waals surface area contributed by atoms with E-state index in [0.717, 1.165) is 32.2 Å². The Morgan fingerprint density at radius 2 is 1.85 bits per heavy atom. The summed E-state index contributed by atoms with van der Waals surface area (Å²) in [5, 5.41) is 9.40. The van der Waals surface area contributed by atoms with Crippen molar-refractivity contribution in [2.24, 2.45) is 5.92 Å². The van der Waals surface area contributed by atoms with Gasteiger partial charge < -0.3 is 4.74 Å². The molecule has 2 aliphatic heterocycles. The molecule has 4 heteroatoms. The van der Waals surface area contributed by atoms with Crippen LogP contribution < -0.4 is 4.74 Å². The molecule has 2 aromatic rings. The van der Waals surface area contributed by atoms with Gasteiger partial charge in [0.15, 0.2) is 5.78 Å². The number of nitrogens with zero attached hydrogens (tertiary/aromatic N) is 2. The molecule has 2 fully saturated rings. The van der Waals surface area contributed by atoms with Crippen LogP contribution in [0, 0.1) is 17.2 Å². The van der Waals surface area contributed by atoms with Gasteiger partial charge in [0.25, 0.3) is 0 Å². The number of methoxy groups -OCH3 is 1. The first kappa shape index (κ1) is 17.8. The summed E-state index contributed by atoms with van der Waals surface area (Å²) in [5.41, 5.74) is 2.29. The van der Waals surface area contributed by atoms with Crippen molar-refractivity contribution in [1.29, 1.82) is 5.26 Å². The molecule has 4 rings (SSSR count). The quantitative estimate of drug-likeness (QED) is 0.750. The van der Waals surface area contributed by atoms with E-state index in [1.807, 2.05) is 6.07 Å². The van der Waals surface area contributed by atoms with Crippen LogP contribution in [0.25, 0.3) is 0 Å². The van der Waals surface area contributed by atoms with Gasteiger partial charge in [0.2, 0.25) is 0 Å². The van der Waals surface area contributed by atoms with Crippen LogP contribution in [0.5, 0.6) is 5.75 Å². The van der Waals surface area contributed by atoms with Crippen molar-refractivity contribution in [2.45, 2.75) is 44.3 Å². The van der Waals surface area contributed by atoms with Gasteiger partial charge in [-0.1, -0.05) is 30.3 Å². The first-order chi connectivity index (χ1) is 13.2. The fraction of sp³-hybridized carbons (Fsp3) is 0.391. The van der Waals surface area contributed by atoms with Gasteiger partial charge in [-0.15, -0.1) is 0 Å². The van der Waals surface area contributed by atoms with Gasteiger partial charge in [-0.25, -0.2) is 0 Å². The van der Waals surface area contributed by atoms with Crippen LogP contribution in [0.3, 0.4) is 0 Å². The molecule has 0 radical (unpaired) electrons. The highest BCUT2D eigenvalue weighted by Crippen LogP contribution is 2.41. The second-order valence-corrected chi connectivity index (χ2v) is 7.60. The van der Waals surface area contributed by atoms with E-state index < -0.39 is 0 Å². The third-order valence-corrected chi connectivity index (χ3v) is 6.08. The Bertz CT molecular complexity index is 858. The van der Waals surface area contributed by atoms with E-state index in [0.29, 0.717) is 29.0 Å². The number of carbonyl (C=O) groups is 1. The van der Waals surface area contributed by atoms with Crippen molar-refractivity contribution < 1.29 is 9.53 Å². The molecule has 138 valence electrons. The van der Waals surface area contributed by atoms with Crippen LogP contribution in [0.4, 0.5) is 0 Å². The SMILES string of the molecule is COc1ccc(C#N)c(C(=O)C2CC3CCC(C2)N3Cc2ccccc2)c1. The van der Waals surface area contributed by atoms with Crippen molar-refractivity contribution in [3.63, 3.8) is 0 Å². The number of nitriles is 1. The first-order valence-corrected chi connectivity index (χ1v) is 9.61. The maximum absolute atomic E-state index is 13.2. The number of ether oxygens (including phenoxy) is 1. The third kappa shape index (κ3) is 3.48. The molecule has 0 aromatic heterocycles. The largest absolute Gasteiger partial charge is 0.497 e. The highest BCUT2D eigenvalue weighted by atomic mass is 16.5. The molecule has 0 amide bonds. The molecule has 2 saturated heterocycles. The molecule has 0 aliphatic carbocycles. The lowest BCUT2D eigenvalue weighted by molar-refractivity contribution is 0.0677. The number of carbonyl (C=O) groups excluding carboxylic acids is 1. The summed E-state index contributed by atoms with van der Waals surface area (Å²) in [6, 6.07) is 18.8. The number of hydrogen-bond acceptors (Lipinski definition) is 4. The summed E-state index contributed by atoms with van der Waals surface area (Å²) in [7, 11) is 1.58. The van der Waals surface area contributed by atoms with Gasteiger partial charge in [0, 0.05) is 30.1 Å². The van der Waals surface area contributed by atoms with Crippen LogP contribution >= 0.6 is 0 Å². The van der Waals surface area contributed by atoms with E-state index >= 15 is 0 Å². The minimum Gasteiger partial charge on any atom is -0.497 e. The minimum atomic E-state index is -0.00581. The summed E-state index contributed by atoms with van der Waals surface area (Å²) in [5.74, 6) is 0.720. The molecule has 2 aromatic carbocycles. The standard InChI is InChI=1S/C23H24N2O2/c1-27-21-10-7-17(14-24)22(13-21)23(26)18-11-19-8-9-20(12-18)25(19)15-16-5-3-2-4-6-16/h2-7,10,13,18-20H,8-9,11-12,15H2,1H3.